The number of rotatable bonds is 7. The molecule has 1 spiro atoms. The molecule has 2 aliphatic heterocycles. The van der Waals surface area contributed by atoms with Gasteiger partial charge in [0.15, 0.2) is 0 Å². The summed E-state index contributed by atoms with van der Waals surface area (Å²) in [6.45, 7) is 2.73. The van der Waals surface area contributed by atoms with Crippen molar-refractivity contribution in [2.75, 3.05) is 25.1 Å². The fourth-order valence-corrected chi connectivity index (χ4v) is 6.34. The number of nitrogens with zero attached hydrogens (tertiary/aromatic N) is 4. The van der Waals surface area contributed by atoms with Crippen molar-refractivity contribution in [1.82, 2.24) is 20.3 Å². The standard InChI is InChI=1S/C29H29ClFN5O3S/c1-18-24(26(34-39-18)25-21(30)7-4-8-22(25)31)28(38)35-12-10-29(11-13-35)33-23(9-14-40-2)27(37)36(29)17-20-6-3-5-19(15-20)16-32/h3-8,15,23,33H,9-14,17H2,1-2H3. The van der Waals surface area contributed by atoms with Gasteiger partial charge in [0.25, 0.3) is 5.91 Å². The average molecular weight is 582 g/mol. The minimum absolute atomic E-state index is 0.0301. The highest BCUT2D eigenvalue weighted by Gasteiger charge is 2.51. The molecule has 2 fully saturated rings. The van der Waals surface area contributed by atoms with Gasteiger partial charge < -0.3 is 14.3 Å². The maximum absolute atomic E-state index is 14.7. The topological polar surface area (TPSA) is 102 Å². The van der Waals surface area contributed by atoms with E-state index in [1.807, 2.05) is 23.3 Å². The fraction of sp³-hybridized carbons (Fsp3) is 0.379. The number of hydrogen-bond donors (Lipinski definition) is 1. The van der Waals surface area contributed by atoms with E-state index in [-0.39, 0.29) is 45.5 Å². The van der Waals surface area contributed by atoms with E-state index in [0.717, 1.165) is 11.3 Å². The van der Waals surface area contributed by atoms with Crippen molar-refractivity contribution in [3.8, 4) is 17.3 Å². The van der Waals surface area contributed by atoms with Gasteiger partial charge in [0.05, 0.1) is 33.9 Å². The highest BCUT2D eigenvalue weighted by atomic mass is 35.5. The predicted octanol–water partition coefficient (Wildman–Crippen LogP) is 5.00. The van der Waals surface area contributed by atoms with Crippen LogP contribution in [0.1, 0.15) is 46.5 Å². The third-order valence-corrected chi connectivity index (χ3v) is 8.64. The lowest BCUT2D eigenvalue weighted by atomic mass is 9.94. The number of carbonyl (C=O) groups excluding carboxylic acids is 2. The Morgan fingerprint density at radius 3 is 2.75 bits per heavy atom. The minimum Gasteiger partial charge on any atom is -0.360 e. The van der Waals surface area contributed by atoms with Crippen LogP contribution >= 0.6 is 23.4 Å². The molecule has 0 bridgehead atoms. The van der Waals surface area contributed by atoms with E-state index in [1.54, 1.807) is 41.8 Å². The lowest BCUT2D eigenvalue weighted by Gasteiger charge is -2.44. The smallest absolute Gasteiger partial charge is 0.259 e. The number of nitriles is 1. The van der Waals surface area contributed by atoms with Gasteiger partial charge in [-0.05, 0) is 55.2 Å². The first-order valence-electron chi connectivity index (χ1n) is 13.0. The molecule has 2 aromatic carbocycles. The van der Waals surface area contributed by atoms with Crippen LogP contribution in [-0.4, -0.2) is 63.6 Å². The number of nitrogens with one attached hydrogen (secondary N) is 1. The molecule has 2 aliphatic rings. The second-order valence-corrected chi connectivity index (χ2v) is 11.5. The predicted molar refractivity (Wildman–Crippen MR) is 151 cm³/mol. The van der Waals surface area contributed by atoms with Crippen LogP contribution in [0, 0.1) is 24.1 Å². The van der Waals surface area contributed by atoms with Gasteiger partial charge in [-0.2, -0.15) is 17.0 Å². The van der Waals surface area contributed by atoms with Gasteiger partial charge in [-0.25, -0.2) is 4.39 Å². The number of aromatic nitrogens is 1. The number of thioether (sulfide) groups is 1. The van der Waals surface area contributed by atoms with E-state index < -0.39 is 11.5 Å². The summed E-state index contributed by atoms with van der Waals surface area (Å²) >= 11 is 7.96. The number of piperidine rings is 1. The van der Waals surface area contributed by atoms with Crippen molar-refractivity contribution in [2.45, 2.75) is 44.4 Å². The Balaban J connectivity index is 1.39. The van der Waals surface area contributed by atoms with E-state index >= 15 is 0 Å². The monoisotopic (exact) mass is 581 g/mol. The Hall–Kier alpha value is -3.39. The van der Waals surface area contributed by atoms with Crippen molar-refractivity contribution in [3.63, 3.8) is 0 Å². The molecule has 2 saturated heterocycles. The highest BCUT2D eigenvalue weighted by molar-refractivity contribution is 7.98. The lowest BCUT2D eigenvalue weighted by Crippen LogP contribution is -2.59. The molecule has 1 N–H and O–H groups in total. The molecule has 3 heterocycles. The van der Waals surface area contributed by atoms with Crippen molar-refractivity contribution in [2.24, 2.45) is 0 Å². The number of hydrogen-bond acceptors (Lipinski definition) is 7. The van der Waals surface area contributed by atoms with E-state index in [0.29, 0.717) is 44.5 Å². The van der Waals surface area contributed by atoms with Crippen LogP contribution in [0.2, 0.25) is 5.02 Å². The van der Waals surface area contributed by atoms with Crippen molar-refractivity contribution >= 4 is 35.2 Å². The summed E-state index contributed by atoms with van der Waals surface area (Å²) in [5.41, 5.74) is 1.09. The first kappa shape index (κ1) is 28.1. The Morgan fingerprint density at radius 1 is 1.30 bits per heavy atom. The van der Waals surface area contributed by atoms with Crippen LogP contribution in [0.4, 0.5) is 4.39 Å². The second-order valence-electron chi connectivity index (χ2n) is 10.1. The molecule has 1 unspecified atom stereocenters. The summed E-state index contributed by atoms with van der Waals surface area (Å²) in [6, 6.07) is 13.4. The van der Waals surface area contributed by atoms with Crippen LogP contribution in [0.25, 0.3) is 11.3 Å². The molecule has 2 amide bonds. The minimum atomic E-state index is -0.624. The Labute approximate surface area is 241 Å². The molecule has 1 atom stereocenters. The van der Waals surface area contributed by atoms with E-state index in [4.69, 9.17) is 16.1 Å². The summed E-state index contributed by atoms with van der Waals surface area (Å²) in [7, 11) is 0. The van der Waals surface area contributed by atoms with Crippen molar-refractivity contribution in [3.05, 3.63) is 75.8 Å². The first-order chi connectivity index (χ1) is 19.3. The highest BCUT2D eigenvalue weighted by Crippen LogP contribution is 2.38. The quantitative estimate of drug-likeness (QED) is 0.419. The summed E-state index contributed by atoms with van der Waals surface area (Å²) in [5, 5.41) is 17.1. The number of halogens is 2. The molecule has 1 aromatic heterocycles. The zero-order chi connectivity index (χ0) is 28.4. The van der Waals surface area contributed by atoms with Crippen LogP contribution in [-0.2, 0) is 11.3 Å². The SMILES string of the molecule is CSCCC1NC2(CCN(C(=O)c3c(-c4c(F)cccc4Cl)noc3C)CC2)N(Cc2cccc(C#N)c2)C1=O. The van der Waals surface area contributed by atoms with Gasteiger partial charge in [-0.1, -0.05) is 35.0 Å². The Kier molecular flexibility index (Phi) is 8.17. The number of carbonyl (C=O) groups is 2. The molecular weight excluding hydrogens is 553 g/mol. The third-order valence-electron chi connectivity index (χ3n) is 7.69. The zero-order valence-electron chi connectivity index (χ0n) is 22.2. The zero-order valence-corrected chi connectivity index (χ0v) is 23.8. The third kappa shape index (κ3) is 5.21. The molecule has 5 rings (SSSR count). The summed E-state index contributed by atoms with van der Waals surface area (Å²) < 4.78 is 20.0. The Bertz CT molecular complexity index is 1460. The maximum atomic E-state index is 14.7. The van der Waals surface area contributed by atoms with Crippen molar-refractivity contribution in [1.29, 1.82) is 5.26 Å². The van der Waals surface area contributed by atoms with Gasteiger partial charge in [-0.15, -0.1) is 0 Å². The first-order valence-corrected chi connectivity index (χ1v) is 14.8. The van der Waals surface area contributed by atoms with Gasteiger partial charge >= 0.3 is 0 Å². The molecule has 208 valence electrons. The number of likely N-dealkylation sites (tertiary alicyclic amines) is 1. The van der Waals surface area contributed by atoms with Gasteiger partial charge in [0.2, 0.25) is 5.91 Å². The normalized spacial score (nSPS) is 18.4. The average Bonchev–Trinajstić information content (AvgIpc) is 3.44. The van der Waals surface area contributed by atoms with Gasteiger partial charge in [0, 0.05) is 32.5 Å². The maximum Gasteiger partial charge on any atom is 0.259 e. The summed E-state index contributed by atoms with van der Waals surface area (Å²) in [4.78, 5) is 30.9. The van der Waals surface area contributed by atoms with E-state index in [2.05, 4.69) is 16.5 Å². The molecule has 3 aromatic rings. The van der Waals surface area contributed by atoms with Crippen LogP contribution in [0.15, 0.2) is 47.0 Å². The van der Waals surface area contributed by atoms with E-state index in [9.17, 15) is 19.2 Å². The summed E-state index contributed by atoms with van der Waals surface area (Å²) in [6.07, 6.45) is 3.74. The number of aryl methyl sites for hydroxylation is 1. The fourth-order valence-electron chi connectivity index (χ4n) is 5.62. The molecule has 11 heteroatoms. The second kappa shape index (κ2) is 11.6. The molecule has 8 nitrogen and oxygen atoms in total. The van der Waals surface area contributed by atoms with Crippen LogP contribution in [0.5, 0.6) is 0 Å². The van der Waals surface area contributed by atoms with Crippen LogP contribution < -0.4 is 5.32 Å². The van der Waals surface area contributed by atoms with E-state index in [1.165, 1.54) is 12.1 Å². The van der Waals surface area contributed by atoms with Gasteiger partial charge in [0.1, 0.15) is 22.8 Å². The van der Waals surface area contributed by atoms with Crippen LogP contribution in [0.3, 0.4) is 0 Å². The molecule has 0 saturated carbocycles. The lowest BCUT2D eigenvalue weighted by molar-refractivity contribution is -0.134. The van der Waals surface area contributed by atoms with Crippen molar-refractivity contribution < 1.29 is 18.5 Å². The molecule has 0 aliphatic carbocycles. The van der Waals surface area contributed by atoms with Gasteiger partial charge in [-0.3, -0.25) is 14.9 Å². The summed E-state index contributed by atoms with van der Waals surface area (Å²) in [5.74, 6) is 0.246. The number of benzene rings is 2. The molecule has 40 heavy (non-hydrogen) atoms. The Morgan fingerprint density at radius 2 is 2.05 bits per heavy atom. The molecular formula is C29H29ClFN5O3S. The molecule has 0 radical (unpaired) electrons. The number of amides is 2. The largest absolute Gasteiger partial charge is 0.360 e.